The number of aromatic amines is 1. The van der Waals surface area contributed by atoms with E-state index in [4.69, 9.17) is 4.74 Å². The van der Waals surface area contributed by atoms with Gasteiger partial charge in [-0.3, -0.25) is 19.1 Å². The van der Waals surface area contributed by atoms with Crippen molar-refractivity contribution >= 4 is 16.6 Å². The van der Waals surface area contributed by atoms with Crippen LogP contribution < -0.4 is 11.2 Å². The molecule has 150 valence electrons. The molecule has 0 bridgehead atoms. The number of H-pyrrole nitrogens is 1. The highest BCUT2D eigenvalue weighted by atomic mass is 16.5. The van der Waals surface area contributed by atoms with Crippen LogP contribution in [0, 0.1) is 6.92 Å². The molecule has 4 aromatic rings. The second-order valence-electron chi connectivity index (χ2n) is 6.98. The summed E-state index contributed by atoms with van der Waals surface area (Å²) in [6.45, 7) is 1.65. The number of nitrogens with zero attached hydrogens (tertiary/aromatic N) is 1. The van der Waals surface area contributed by atoms with E-state index in [0.29, 0.717) is 5.56 Å². The van der Waals surface area contributed by atoms with E-state index in [2.05, 4.69) is 4.98 Å². The van der Waals surface area contributed by atoms with E-state index in [1.807, 2.05) is 60.7 Å². The van der Waals surface area contributed by atoms with Gasteiger partial charge in [0, 0.05) is 11.1 Å². The van der Waals surface area contributed by atoms with Crippen molar-refractivity contribution in [1.29, 1.82) is 0 Å². The van der Waals surface area contributed by atoms with Crippen LogP contribution >= 0.6 is 0 Å². The van der Waals surface area contributed by atoms with E-state index in [-0.39, 0.29) is 24.6 Å². The molecule has 0 amide bonds. The standard InChI is InChI=1S/C24H20N2O4/c1-16-21(22(27)20-13-7-11-18-10-5-6-12-19(18)20)26(24(29)25-23(16)28)15-30-14-17-8-3-2-4-9-17/h2-13H,14-15H2,1H3,(H,25,28,29). The van der Waals surface area contributed by atoms with Crippen LogP contribution in [0.25, 0.3) is 10.8 Å². The summed E-state index contributed by atoms with van der Waals surface area (Å²) in [5.41, 5.74) is 0.320. The first-order valence-electron chi connectivity index (χ1n) is 9.54. The van der Waals surface area contributed by atoms with Crippen molar-refractivity contribution in [2.45, 2.75) is 20.3 Å². The highest BCUT2D eigenvalue weighted by Crippen LogP contribution is 2.21. The van der Waals surface area contributed by atoms with Crippen LogP contribution in [0.5, 0.6) is 0 Å². The number of carbonyl (C=O) groups is 1. The lowest BCUT2D eigenvalue weighted by Gasteiger charge is -2.15. The smallest absolute Gasteiger partial charge is 0.330 e. The first-order chi connectivity index (χ1) is 14.6. The quantitative estimate of drug-likeness (QED) is 0.503. The highest BCUT2D eigenvalue weighted by Gasteiger charge is 2.21. The molecular weight excluding hydrogens is 380 g/mol. The molecule has 30 heavy (non-hydrogen) atoms. The number of ketones is 1. The SMILES string of the molecule is Cc1c(C(=O)c2cccc3ccccc23)n(COCc2ccccc2)c(=O)[nH]c1=O. The van der Waals surface area contributed by atoms with Gasteiger partial charge in [-0.05, 0) is 23.3 Å². The zero-order chi connectivity index (χ0) is 21.1. The molecule has 6 heteroatoms. The number of carbonyl (C=O) groups excluding carboxylic acids is 1. The molecule has 4 rings (SSSR count). The Hall–Kier alpha value is -3.77. The van der Waals surface area contributed by atoms with E-state index < -0.39 is 17.0 Å². The van der Waals surface area contributed by atoms with E-state index in [0.717, 1.165) is 16.3 Å². The lowest BCUT2D eigenvalue weighted by Crippen LogP contribution is -2.37. The minimum atomic E-state index is -0.678. The number of hydrogen-bond acceptors (Lipinski definition) is 4. The molecular formula is C24H20N2O4. The molecule has 1 aromatic heterocycles. The van der Waals surface area contributed by atoms with Gasteiger partial charge in [-0.25, -0.2) is 4.79 Å². The minimum Gasteiger partial charge on any atom is -0.356 e. The fourth-order valence-corrected chi connectivity index (χ4v) is 3.47. The maximum atomic E-state index is 13.5. The molecule has 0 unspecified atom stereocenters. The van der Waals surface area contributed by atoms with Gasteiger partial charge in [-0.15, -0.1) is 0 Å². The number of ether oxygens (including phenoxy) is 1. The van der Waals surface area contributed by atoms with E-state index in [9.17, 15) is 14.4 Å². The molecule has 0 aliphatic rings. The molecule has 1 N–H and O–H groups in total. The van der Waals surface area contributed by atoms with Crippen molar-refractivity contribution in [3.8, 4) is 0 Å². The maximum absolute atomic E-state index is 13.5. The Morgan fingerprint density at radius 1 is 0.933 bits per heavy atom. The van der Waals surface area contributed by atoms with Crippen LogP contribution in [0.1, 0.15) is 27.2 Å². The summed E-state index contributed by atoms with van der Waals surface area (Å²) < 4.78 is 6.87. The Balaban J connectivity index is 1.75. The number of hydrogen-bond donors (Lipinski definition) is 1. The lowest BCUT2D eigenvalue weighted by atomic mass is 9.98. The van der Waals surface area contributed by atoms with Crippen molar-refractivity contribution in [3.05, 3.63) is 116 Å². The third kappa shape index (κ3) is 3.73. The van der Waals surface area contributed by atoms with Gasteiger partial charge >= 0.3 is 5.69 Å². The number of aromatic nitrogens is 2. The molecule has 6 nitrogen and oxygen atoms in total. The summed E-state index contributed by atoms with van der Waals surface area (Å²) >= 11 is 0. The number of nitrogens with one attached hydrogen (secondary N) is 1. The molecule has 0 atom stereocenters. The average molecular weight is 400 g/mol. The Morgan fingerprint density at radius 3 is 2.43 bits per heavy atom. The fraction of sp³-hybridized carbons (Fsp3) is 0.125. The summed E-state index contributed by atoms with van der Waals surface area (Å²) in [5.74, 6) is -0.393. The molecule has 1 heterocycles. The van der Waals surface area contributed by atoms with Gasteiger partial charge in [-0.2, -0.15) is 0 Å². The van der Waals surface area contributed by atoms with Crippen molar-refractivity contribution in [2.75, 3.05) is 0 Å². The van der Waals surface area contributed by atoms with Crippen LogP contribution in [0.15, 0.2) is 82.4 Å². The zero-order valence-electron chi connectivity index (χ0n) is 16.4. The molecule has 0 aliphatic carbocycles. The second-order valence-corrected chi connectivity index (χ2v) is 6.98. The minimum absolute atomic E-state index is 0.0353. The van der Waals surface area contributed by atoms with E-state index in [1.165, 1.54) is 11.5 Å². The van der Waals surface area contributed by atoms with Gasteiger partial charge in [-0.1, -0.05) is 72.8 Å². The maximum Gasteiger partial charge on any atom is 0.330 e. The first-order valence-corrected chi connectivity index (χ1v) is 9.54. The van der Waals surface area contributed by atoms with Gasteiger partial charge in [0.15, 0.2) is 0 Å². The molecule has 0 radical (unpaired) electrons. The summed E-state index contributed by atoms with van der Waals surface area (Å²) in [6.07, 6.45) is 0. The van der Waals surface area contributed by atoms with Gasteiger partial charge < -0.3 is 4.74 Å². The van der Waals surface area contributed by atoms with Gasteiger partial charge in [0.1, 0.15) is 12.4 Å². The monoisotopic (exact) mass is 400 g/mol. The topological polar surface area (TPSA) is 81.2 Å². The summed E-state index contributed by atoms with van der Waals surface area (Å²) in [4.78, 5) is 40.5. The van der Waals surface area contributed by atoms with Crippen LogP contribution in [0.4, 0.5) is 0 Å². The molecule has 0 aliphatic heterocycles. The van der Waals surface area contributed by atoms with Crippen molar-refractivity contribution in [2.24, 2.45) is 0 Å². The Kier molecular flexibility index (Phi) is 5.41. The molecule has 3 aromatic carbocycles. The van der Waals surface area contributed by atoms with Crippen molar-refractivity contribution in [1.82, 2.24) is 9.55 Å². The first kappa shape index (κ1) is 19.5. The van der Waals surface area contributed by atoms with Gasteiger partial charge in [0.2, 0.25) is 5.78 Å². The van der Waals surface area contributed by atoms with E-state index >= 15 is 0 Å². The number of benzene rings is 3. The third-order valence-corrected chi connectivity index (χ3v) is 5.01. The van der Waals surface area contributed by atoms with Crippen LogP contribution in [0.3, 0.4) is 0 Å². The Morgan fingerprint density at radius 2 is 1.63 bits per heavy atom. The third-order valence-electron chi connectivity index (χ3n) is 5.01. The Labute approximate surface area is 172 Å². The Bertz CT molecular complexity index is 1330. The number of fused-ring (bicyclic) bond motifs is 1. The highest BCUT2D eigenvalue weighted by molar-refractivity contribution is 6.16. The van der Waals surface area contributed by atoms with Gasteiger partial charge in [0.05, 0.1) is 6.61 Å². The van der Waals surface area contributed by atoms with Crippen molar-refractivity contribution < 1.29 is 9.53 Å². The summed E-state index contributed by atoms with van der Waals surface area (Å²) in [5, 5.41) is 1.66. The summed E-state index contributed by atoms with van der Waals surface area (Å²) in [7, 11) is 0. The second kappa shape index (κ2) is 8.31. The van der Waals surface area contributed by atoms with Crippen molar-refractivity contribution in [3.63, 3.8) is 0 Å². The predicted molar refractivity (Wildman–Crippen MR) is 115 cm³/mol. The van der Waals surface area contributed by atoms with Crippen LogP contribution in [-0.4, -0.2) is 15.3 Å². The van der Waals surface area contributed by atoms with Gasteiger partial charge in [0.25, 0.3) is 5.56 Å². The molecule has 0 fully saturated rings. The normalized spacial score (nSPS) is 11.0. The predicted octanol–water partition coefficient (Wildman–Crippen LogP) is 3.40. The molecule has 0 saturated heterocycles. The molecule has 0 spiro atoms. The largest absolute Gasteiger partial charge is 0.356 e. The van der Waals surface area contributed by atoms with Crippen LogP contribution in [0.2, 0.25) is 0 Å². The van der Waals surface area contributed by atoms with E-state index in [1.54, 1.807) is 12.1 Å². The lowest BCUT2D eigenvalue weighted by molar-refractivity contribution is 0.0578. The molecule has 0 saturated carbocycles. The zero-order valence-corrected chi connectivity index (χ0v) is 16.4. The summed E-state index contributed by atoms with van der Waals surface area (Å²) in [6, 6.07) is 22.4. The fourth-order valence-electron chi connectivity index (χ4n) is 3.47. The number of rotatable bonds is 6. The van der Waals surface area contributed by atoms with Crippen LogP contribution in [-0.2, 0) is 18.1 Å². The average Bonchev–Trinajstić information content (AvgIpc) is 2.77.